The van der Waals surface area contributed by atoms with E-state index in [-0.39, 0.29) is 38.6 Å². The Bertz CT molecular complexity index is 97.1. The van der Waals surface area contributed by atoms with Crippen molar-refractivity contribution < 1.29 is 37.5 Å². The van der Waals surface area contributed by atoms with Crippen molar-refractivity contribution in [2.45, 2.75) is 19.4 Å². The van der Waals surface area contributed by atoms with Gasteiger partial charge >= 0.3 is 32.7 Å². The molecule has 1 N–H and O–H groups in total. The minimum atomic E-state index is 0. The van der Waals surface area contributed by atoms with Crippen LogP contribution in [0.5, 0.6) is 0 Å². The van der Waals surface area contributed by atoms with Gasteiger partial charge in [-0.15, -0.1) is 5.92 Å². The van der Waals surface area contributed by atoms with Crippen LogP contribution in [0.25, 0.3) is 0 Å². The van der Waals surface area contributed by atoms with Crippen LogP contribution < -0.4 is 5.32 Å². The zero-order valence-corrected chi connectivity index (χ0v) is 8.39. The van der Waals surface area contributed by atoms with Crippen molar-refractivity contribution in [3.63, 3.8) is 0 Å². The topological polar surface area (TPSA) is 29.1 Å². The van der Waals surface area contributed by atoms with E-state index in [2.05, 4.69) is 12.2 Å². The third-order valence-corrected chi connectivity index (χ3v) is 1.52. The van der Waals surface area contributed by atoms with E-state index >= 15 is 0 Å². The first-order valence-electron chi connectivity index (χ1n) is 2.94. The molecule has 0 bridgehead atoms. The molecule has 1 aliphatic rings. The van der Waals surface area contributed by atoms with Gasteiger partial charge in [0.25, 0.3) is 0 Å². The summed E-state index contributed by atoms with van der Waals surface area (Å²) in [5.74, 6) is 0.157. The quantitative estimate of drug-likeness (QED) is 0.609. The second-order valence-electron chi connectivity index (χ2n) is 2.36. The first kappa shape index (κ1) is 9.73. The molecule has 0 aromatic carbocycles. The van der Waals surface area contributed by atoms with Gasteiger partial charge in [-0.1, -0.05) is 6.42 Å². The summed E-state index contributed by atoms with van der Waals surface area (Å²) in [6.45, 7) is 2.90. The fourth-order valence-corrected chi connectivity index (χ4v) is 1.03. The molecule has 0 aromatic rings. The molecule has 2 atom stereocenters. The van der Waals surface area contributed by atoms with Gasteiger partial charge in [-0.3, -0.25) is 6.29 Å². The Morgan fingerprint density at radius 2 is 2.33 bits per heavy atom. The Hall–Kier alpha value is 0.734. The molecule has 0 saturated carbocycles. The summed E-state index contributed by atoms with van der Waals surface area (Å²) in [4.78, 5) is 9.99. The van der Waals surface area contributed by atoms with Gasteiger partial charge in [0.1, 0.15) is 0 Å². The van der Waals surface area contributed by atoms with Crippen LogP contribution in [0, 0.1) is 5.92 Å². The van der Waals surface area contributed by atoms with Gasteiger partial charge in [0.05, 0.1) is 0 Å². The first-order chi connectivity index (χ1) is 3.83. The largest absolute Gasteiger partial charge is 3.00 e. The monoisotopic (exact) mass is 201 g/mol. The average Bonchev–Trinajstić information content (AvgIpc) is 2.14. The molecule has 3 heteroatoms. The van der Waals surface area contributed by atoms with Crippen LogP contribution in [0.2, 0.25) is 0 Å². The fraction of sp³-hybridized carbons (Fsp3) is 0.833. The van der Waals surface area contributed by atoms with Gasteiger partial charge in [-0.25, -0.2) is 0 Å². The Morgan fingerprint density at radius 1 is 1.67 bits per heavy atom. The van der Waals surface area contributed by atoms with Gasteiger partial charge in [-0.2, -0.15) is 0 Å². The van der Waals surface area contributed by atoms with Crippen molar-refractivity contribution in [2.24, 2.45) is 5.92 Å². The van der Waals surface area contributed by atoms with E-state index in [1.54, 1.807) is 0 Å². The van der Waals surface area contributed by atoms with Crippen molar-refractivity contribution in [1.82, 2.24) is 5.32 Å². The summed E-state index contributed by atoms with van der Waals surface area (Å²) < 4.78 is 0. The molecule has 1 saturated heterocycles. The second-order valence-corrected chi connectivity index (χ2v) is 2.36. The number of rotatable bonds is 1. The molecule has 0 amide bonds. The van der Waals surface area contributed by atoms with E-state index in [0.717, 1.165) is 13.0 Å². The van der Waals surface area contributed by atoms with E-state index in [1.165, 1.54) is 0 Å². The molecule has 46 valence electrons. The maximum atomic E-state index is 9.99. The van der Waals surface area contributed by atoms with Crippen molar-refractivity contribution in [2.75, 3.05) is 6.54 Å². The van der Waals surface area contributed by atoms with E-state index < -0.39 is 0 Å². The SMILES string of the molecule is CC1CC([C-]=O)CN1.[Y+3]. The second kappa shape index (κ2) is 4.53. The normalized spacial score (nSPS) is 33.4. The van der Waals surface area contributed by atoms with Gasteiger partial charge in [-0.05, 0) is 13.5 Å². The van der Waals surface area contributed by atoms with Crippen molar-refractivity contribution >= 4 is 6.29 Å². The molecule has 0 radical (unpaired) electrons. The molecular weight excluding hydrogens is 191 g/mol. The Kier molecular flexibility index (Phi) is 4.90. The Balaban J connectivity index is 0.000000640. The number of hydrogen-bond donors (Lipinski definition) is 1. The zero-order valence-electron chi connectivity index (χ0n) is 5.55. The smallest absolute Gasteiger partial charge is 0.541 e. The van der Waals surface area contributed by atoms with Crippen molar-refractivity contribution in [3.8, 4) is 0 Å². The molecule has 1 rings (SSSR count). The van der Waals surface area contributed by atoms with Gasteiger partial charge < -0.3 is 10.1 Å². The minimum absolute atomic E-state index is 0. The van der Waals surface area contributed by atoms with E-state index in [4.69, 9.17) is 0 Å². The third-order valence-electron chi connectivity index (χ3n) is 1.52. The molecule has 2 nitrogen and oxygen atoms in total. The molecule has 0 aliphatic carbocycles. The fourth-order valence-electron chi connectivity index (χ4n) is 1.03. The van der Waals surface area contributed by atoms with Gasteiger partial charge in [0.15, 0.2) is 0 Å². The maximum Gasteiger partial charge on any atom is 3.00 e. The number of carbonyl (C=O) groups excluding carboxylic acids is 1. The third kappa shape index (κ3) is 2.88. The molecule has 1 fully saturated rings. The summed E-state index contributed by atoms with van der Waals surface area (Å²) in [5, 5.41) is 3.16. The predicted molar refractivity (Wildman–Crippen MR) is 31.3 cm³/mol. The van der Waals surface area contributed by atoms with Crippen LogP contribution in [0.4, 0.5) is 0 Å². The number of hydrogen-bond acceptors (Lipinski definition) is 2. The Labute approximate surface area is 80.7 Å². The van der Waals surface area contributed by atoms with Crippen LogP contribution in [0.3, 0.4) is 0 Å². The Morgan fingerprint density at radius 3 is 2.56 bits per heavy atom. The van der Waals surface area contributed by atoms with Crippen molar-refractivity contribution in [1.29, 1.82) is 0 Å². The van der Waals surface area contributed by atoms with Crippen LogP contribution in [-0.4, -0.2) is 18.9 Å². The molecular formula is C6H10NOY+2. The number of nitrogens with one attached hydrogen (secondary N) is 1. The average molecular weight is 201 g/mol. The van der Waals surface area contributed by atoms with Crippen LogP contribution in [0.15, 0.2) is 0 Å². The van der Waals surface area contributed by atoms with Gasteiger partial charge in [0.2, 0.25) is 0 Å². The first-order valence-corrected chi connectivity index (χ1v) is 2.94. The van der Waals surface area contributed by atoms with E-state index in [0.29, 0.717) is 6.04 Å². The summed E-state index contributed by atoms with van der Waals surface area (Å²) in [5.41, 5.74) is 0. The molecule has 1 aliphatic heterocycles. The molecule has 9 heavy (non-hydrogen) atoms. The van der Waals surface area contributed by atoms with Crippen LogP contribution >= 0.6 is 0 Å². The van der Waals surface area contributed by atoms with E-state index in [9.17, 15) is 4.79 Å². The zero-order chi connectivity index (χ0) is 5.98. The summed E-state index contributed by atoms with van der Waals surface area (Å²) in [7, 11) is 0. The van der Waals surface area contributed by atoms with Crippen LogP contribution in [-0.2, 0) is 37.5 Å². The predicted octanol–water partition coefficient (Wildman–Crippen LogP) is 0.0916. The molecule has 0 spiro atoms. The maximum absolute atomic E-state index is 9.99. The van der Waals surface area contributed by atoms with Crippen LogP contribution in [0.1, 0.15) is 13.3 Å². The minimum Gasteiger partial charge on any atom is -0.541 e. The molecule has 0 aromatic heterocycles. The van der Waals surface area contributed by atoms with Crippen molar-refractivity contribution in [3.05, 3.63) is 0 Å². The van der Waals surface area contributed by atoms with E-state index in [1.807, 2.05) is 6.29 Å². The summed E-state index contributed by atoms with van der Waals surface area (Å²) in [6.07, 6.45) is 2.94. The summed E-state index contributed by atoms with van der Waals surface area (Å²) >= 11 is 0. The molecule has 1 heterocycles. The standard InChI is InChI=1S/C6H10NO.Y/c1-5-2-6(4-8)3-7-5;/h5-7H,2-3H2,1H3;/q-1;+3. The van der Waals surface area contributed by atoms with Gasteiger partial charge in [0, 0.05) is 6.04 Å². The summed E-state index contributed by atoms with van der Waals surface area (Å²) in [6, 6.07) is 0.515. The molecule has 2 unspecified atom stereocenters.